The highest BCUT2D eigenvalue weighted by Gasteiger charge is 2.16. The topological polar surface area (TPSA) is 33.4 Å². The fraction of sp³-hybridized carbons (Fsp3) is 0.125. The van der Waals surface area contributed by atoms with Gasteiger partial charge in [0.15, 0.2) is 0 Å². The van der Waals surface area contributed by atoms with Crippen LogP contribution in [0.3, 0.4) is 0 Å². The molecule has 20 heavy (non-hydrogen) atoms. The van der Waals surface area contributed by atoms with Crippen molar-refractivity contribution in [3.8, 4) is 0 Å². The van der Waals surface area contributed by atoms with Crippen molar-refractivity contribution in [3.05, 3.63) is 68.3 Å². The van der Waals surface area contributed by atoms with E-state index in [1.807, 2.05) is 49.4 Å². The second-order valence-electron chi connectivity index (χ2n) is 4.77. The highest BCUT2D eigenvalue weighted by atomic mass is 79.9. The maximum absolute atomic E-state index is 10.4. The molecule has 0 radical (unpaired) electrons. The lowest BCUT2D eigenvalue weighted by molar-refractivity contribution is 0.192. The number of rotatable bonds is 2. The summed E-state index contributed by atoms with van der Waals surface area (Å²) in [7, 11) is 0. The SMILES string of the molecule is Cc1ccc2oc(C(O)c3ccc(Br)c(Br)c3)cc2c1. The quantitative estimate of drug-likeness (QED) is 0.634. The van der Waals surface area contributed by atoms with Gasteiger partial charge in [0.05, 0.1) is 0 Å². The van der Waals surface area contributed by atoms with Gasteiger partial charge in [-0.25, -0.2) is 0 Å². The van der Waals surface area contributed by atoms with Crippen LogP contribution < -0.4 is 0 Å². The Morgan fingerprint density at radius 1 is 1.00 bits per heavy atom. The Kier molecular flexibility index (Phi) is 3.71. The van der Waals surface area contributed by atoms with Crippen molar-refractivity contribution in [2.75, 3.05) is 0 Å². The molecular weight excluding hydrogens is 384 g/mol. The van der Waals surface area contributed by atoms with E-state index in [2.05, 4.69) is 31.9 Å². The first kappa shape index (κ1) is 13.9. The molecule has 0 bridgehead atoms. The number of hydrogen-bond donors (Lipinski definition) is 1. The molecule has 1 unspecified atom stereocenters. The van der Waals surface area contributed by atoms with Crippen LogP contribution in [-0.4, -0.2) is 5.11 Å². The number of furan rings is 1. The normalized spacial score (nSPS) is 12.8. The summed E-state index contributed by atoms with van der Waals surface area (Å²) in [5, 5.41) is 11.5. The highest BCUT2D eigenvalue weighted by Crippen LogP contribution is 2.32. The molecule has 0 amide bonds. The van der Waals surface area contributed by atoms with Crippen LogP contribution in [0, 0.1) is 6.92 Å². The van der Waals surface area contributed by atoms with E-state index in [1.165, 1.54) is 5.56 Å². The van der Waals surface area contributed by atoms with E-state index in [0.29, 0.717) is 5.76 Å². The first-order valence-corrected chi connectivity index (χ1v) is 7.76. The number of hydrogen-bond acceptors (Lipinski definition) is 2. The van der Waals surface area contributed by atoms with E-state index in [4.69, 9.17) is 4.42 Å². The molecule has 2 aromatic carbocycles. The number of benzene rings is 2. The zero-order valence-corrected chi connectivity index (χ0v) is 13.9. The average molecular weight is 396 g/mol. The number of aryl methyl sites for hydroxylation is 1. The van der Waals surface area contributed by atoms with E-state index in [9.17, 15) is 5.11 Å². The van der Waals surface area contributed by atoms with Crippen LogP contribution in [0.2, 0.25) is 0 Å². The molecule has 3 aromatic rings. The van der Waals surface area contributed by atoms with Gasteiger partial charge in [-0.3, -0.25) is 0 Å². The molecule has 102 valence electrons. The summed E-state index contributed by atoms with van der Waals surface area (Å²) in [6.45, 7) is 2.04. The average Bonchev–Trinajstić information content (AvgIpc) is 2.84. The summed E-state index contributed by atoms with van der Waals surface area (Å²) >= 11 is 6.86. The van der Waals surface area contributed by atoms with Crippen LogP contribution in [0.4, 0.5) is 0 Å². The third kappa shape index (κ3) is 2.55. The zero-order chi connectivity index (χ0) is 14.3. The standard InChI is InChI=1S/C16H12Br2O2/c1-9-2-5-14-11(6-9)8-15(20-14)16(19)10-3-4-12(17)13(18)7-10/h2-8,16,19H,1H3. The summed E-state index contributed by atoms with van der Waals surface area (Å²) in [5.74, 6) is 0.555. The van der Waals surface area contributed by atoms with E-state index in [0.717, 1.165) is 25.5 Å². The minimum Gasteiger partial charge on any atom is -0.458 e. The van der Waals surface area contributed by atoms with E-state index in [-0.39, 0.29) is 0 Å². The number of fused-ring (bicyclic) bond motifs is 1. The lowest BCUT2D eigenvalue weighted by Crippen LogP contribution is -1.97. The maximum Gasteiger partial charge on any atom is 0.138 e. The number of aliphatic hydroxyl groups excluding tert-OH is 1. The molecule has 2 nitrogen and oxygen atoms in total. The summed E-state index contributed by atoms with van der Waals surface area (Å²) < 4.78 is 7.59. The molecule has 0 aliphatic heterocycles. The Morgan fingerprint density at radius 2 is 1.80 bits per heavy atom. The predicted octanol–water partition coefficient (Wildman–Crippen LogP) is 5.35. The van der Waals surface area contributed by atoms with Crippen LogP contribution in [0.1, 0.15) is 23.0 Å². The summed E-state index contributed by atoms with van der Waals surface area (Å²) in [6.07, 6.45) is -0.771. The van der Waals surface area contributed by atoms with E-state index in [1.54, 1.807) is 0 Å². The van der Waals surface area contributed by atoms with Crippen molar-refractivity contribution in [1.82, 2.24) is 0 Å². The Morgan fingerprint density at radius 3 is 2.55 bits per heavy atom. The molecule has 3 rings (SSSR count). The Bertz CT molecular complexity index is 777. The first-order valence-electron chi connectivity index (χ1n) is 6.18. The van der Waals surface area contributed by atoms with Gasteiger partial charge in [0.1, 0.15) is 17.4 Å². The third-order valence-electron chi connectivity index (χ3n) is 3.22. The van der Waals surface area contributed by atoms with Gasteiger partial charge < -0.3 is 9.52 Å². The molecule has 1 atom stereocenters. The third-order valence-corrected chi connectivity index (χ3v) is 5.10. The van der Waals surface area contributed by atoms with Gasteiger partial charge in [0.25, 0.3) is 0 Å². The summed E-state index contributed by atoms with van der Waals surface area (Å²) in [4.78, 5) is 0. The van der Waals surface area contributed by atoms with Crippen molar-refractivity contribution < 1.29 is 9.52 Å². The Hall–Kier alpha value is -1.10. The lowest BCUT2D eigenvalue weighted by atomic mass is 10.1. The number of halogens is 2. The molecule has 0 spiro atoms. The maximum atomic E-state index is 10.4. The second-order valence-corrected chi connectivity index (χ2v) is 6.47. The van der Waals surface area contributed by atoms with E-state index < -0.39 is 6.10 Å². The first-order chi connectivity index (χ1) is 9.54. The van der Waals surface area contributed by atoms with Crippen molar-refractivity contribution in [2.45, 2.75) is 13.0 Å². The van der Waals surface area contributed by atoms with Crippen molar-refractivity contribution in [1.29, 1.82) is 0 Å². The fourth-order valence-electron chi connectivity index (χ4n) is 2.16. The largest absolute Gasteiger partial charge is 0.458 e. The molecule has 0 aliphatic rings. The molecular formula is C16H12Br2O2. The summed E-state index contributed by atoms with van der Waals surface area (Å²) in [6, 6.07) is 13.5. The van der Waals surface area contributed by atoms with Gasteiger partial charge in [-0.05, 0) is 74.7 Å². The highest BCUT2D eigenvalue weighted by molar-refractivity contribution is 9.13. The zero-order valence-electron chi connectivity index (χ0n) is 10.7. The minimum atomic E-state index is -0.771. The monoisotopic (exact) mass is 394 g/mol. The predicted molar refractivity (Wildman–Crippen MR) is 86.9 cm³/mol. The van der Waals surface area contributed by atoms with Crippen LogP contribution >= 0.6 is 31.9 Å². The van der Waals surface area contributed by atoms with Gasteiger partial charge in [-0.2, -0.15) is 0 Å². The second kappa shape index (κ2) is 5.35. The van der Waals surface area contributed by atoms with Gasteiger partial charge in [0, 0.05) is 14.3 Å². The minimum absolute atomic E-state index is 0.555. The molecule has 0 aliphatic carbocycles. The van der Waals surface area contributed by atoms with Crippen LogP contribution in [0.15, 0.2) is 55.8 Å². The molecule has 0 saturated carbocycles. The number of aliphatic hydroxyl groups is 1. The lowest BCUT2D eigenvalue weighted by Gasteiger charge is -2.09. The van der Waals surface area contributed by atoms with Crippen molar-refractivity contribution in [2.24, 2.45) is 0 Å². The fourth-order valence-corrected chi connectivity index (χ4v) is 2.81. The molecule has 4 heteroatoms. The van der Waals surface area contributed by atoms with Crippen LogP contribution in [0.5, 0.6) is 0 Å². The molecule has 0 fully saturated rings. The molecule has 1 heterocycles. The summed E-state index contributed by atoms with van der Waals surface area (Å²) in [5.41, 5.74) is 2.75. The van der Waals surface area contributed by atoms with E-state index >= 15 is 0 Å². The molecule has 1 N–H and O–H groups in total. The van der Waals surface area contributed by atoms with Crippen molar-refractivity contribution in [3.63, 3.8) is 0 Å². The Balaban J connectivity index is 2.02. The van der Waals surface area contributed by atoms with Crippen LogP contribution in [0.25, 0.3) is 11.0 Å². The van der Waals surface area contributed by atoms with Crippen LogP contribution in [-0.2, 0) is 0 Å². The smallest absolute Gasteiger partial charge is 0.138 e. The van der Waals surface area contributed by atoms with Crippen molar-refractivity contribution >= 4 is 42.8 Å². The Labute approximate surface area is 133 Å². The van der Waals surface area contributed by atoms with Gasteiger partial charge >= 0.3 is 0 Å². The van der Waals surface area contributed by atoms with Gasteiger partial charge in [-0.1, -0.05) is 17.7 Å². The van der Waals surface area contributed by atoms with Gasteiger partial charge in [0.2, 0.25) is 0 Å². The molecule has 1 aromatic heterocycles. The van der Waals surface area contributed by atoms with Gasteiger partial charge in [-0.15, -0.1) is 0 Å². The molecule has 0 saturated heterocycles.